The molecule has 148 valence electrons. The molecule has 2 heterocycles. The van der Waals surface area contributed by atoms with Gasteiger partial charge in [0, 0.05) is 23.6 Å². The second kappa shape index (κ2) is 8.49. The summed E-state index contributed by atoms with van der Waals surface area (Å²) in [6.45, 7) is 0.767. The highest BCUT2D eigenvalue weighted by molar-refractivity contribution is 6.31. The third kappa shape index (κ3) is 4.17. The Balaban J connectivity index is 1.51. The molecule has 0 unspecified atom stereocenters. The van der Waals surface area contributed by atoms with Gasteiger partial charge in [-0.2, -0.15) is 0 Å². The number of furan rings is 1. The zero-order valence-corrected chi connectivity index (χ0v) is 16.3. The molecule has 7 heteroatoms. The number of para-hydroxylation sites is 2. The molecule has 0 aliphatic rings. The van der Waals surface area contributed by atoms with E-state index in [2.05, 4.69) is 5.32 Å². The fraction of sp³-hybridized carbons (Fsp3) is 0.182. The van der Waals surface area contributed by atoms with Gasteiger partial charge in [0.25, 0.3) is 5.91 Å². The van der Waals surface area contributed by atoms with Gasteiger partial charge < -0.3 is 14.3 Å². The van der Waals surface area contributed by atoms with Gasteiger partial charge in [-0.1, -0.05) is 29.8 Å². The minimum atomic E-state index is -0.341. The molecule has 4 aromatic rings. The summed E-state index contributed by atoms with van der Waals surface area (Å²) in [4.78, 5) is 16.7. The number of benzene rings is 2. The fourth-order valence-corrected chi connectivity index (χ4v) is 3.50. The molecular weight excluding hydrogens is 393 g/mol. The summed E-state index contributed by atoms with van der Waals surface area (Å²) in [5.41, 5.74) is 2.20. The highest BCUT2D eigenvalue weighted by atomic mass is 35.5. The first kappa shape index (κ1) is 19.2. The van der Waals surface area contributed by atoms with E-state index in [4.69, 9.17) is 21.0 Å². The van der Waals surface area contributed by atoms with E-state index in [0.29, 0.717) is 36.5 Å². The Kier molecular flexibility index (Phi) is 5.62. The molecule has 1 N–H and O–H groups in total. The summed E-state index contributed by atoms with van der Waals surface area (Å²) in [7, 11) is 0. The number of hydrogen-bond donors (Lipinski definition) is 1. The number of carbonyl (C=O) groups excluding carboxylic acids is 1. The number of rotatable bonds is 7. The lowest BCUT2D eigenvalue weighted by molar-refractivity contribution is 0.0925. The standard InChI is InChI=1S/C22H19ClFN3O2/c23-16-6-3-7-17(24)15(16)14-27-19-9-2-1-8-18(19)26-21(27)11-4-12-25-22(28)20-10-5-13-29-20/h1-3,5-10,13H,4,11-12,14H2,(H,25,28). The number of aryl methyl sites for hydroxylation is 1. The number of amides is 1. The van der Waals surface area contributed by atoms with Gasteiger partial charge in [-0.25, -0.2) is 9.37 Å². The minimum Gasteiger partial charge on any atom is -0.459 e. The van der Waals surface area contributed by atoms with Crippen LogP contribution >= 0.6 is 11.6 Å². The second-order valence-electron chi connectivity index (χ2n) is 6.64. The van der Waals surface area contributed by atoms with Crippen molar-refractivity contribution in [3.8, 4) is 0 Å². The van der Waals surface area contributed by atoms with E-state index in [1.54, 1.807) is 24.3 Å². The third-order valence-corrected chi connectivity index (χ3v) is 5.07. The zero-order valence-electron chi connectivity index (χ0n) is 15.6. The Morgan fingerprint density at radius 1 is 1.14 bits per heavy atom. The van der Waals surface area contributed by atoms with E-state index in [1.165, 1.54) is 12.3 Å². The Bertz CT molecular complexity index is 1120. The number of imidazole rings is 1. The lowest BCUT2D eigenvalue weighted by atomic mass is 10.2. The number of hydrogen-bond acceptors (Lipinski definition) is 3. The molecule has 0 bridgehead atoms. The van der Waals surface area contributed by atoms with Gasteiger partial charge in [-0.05, 0) is 42.8 Å². The SMILES string of the molecule is O=C(NCCCc1nc2ccccc2n1Cc1c(F)cccc1Cl)c1ccco1. The Hall–Kier alpha value is -3.12. The van der Waals surface area contributed by atoms with Crippen molar-refractivity contribution in [2.75, 3.05) is 6.54 Å². The van der Waals surface area contributed by atoms with Crippen LogP contribution in [-0.2, 0) is 13.0 Å². The highest BCUT2D eigenvalue weighted by Gasteiger charge is 2.15. The molecule has 0 fully saturated rings. The maximum absolute atomic E-state index is 14.3. The zero-order chi connectivity index (χ0) is 20.2. The van der Waals surface area contributed by atoms with Crippen molar-refractivity contribution >= 4 is 28.5 Å². The Morgan fingerprint density at radius 2 is 2.00 bits per heavy atom. The Labute approximate surface area is 172 Å². The average Bonchev–Trinajstić information content (AvgIpc) is 3.36. The van der Waals surface area contributed by atoms with Crippen LogP contribution in [0, 0.1) is 5.82 Å². The highest BCUT2D eigenvalue weighted by Crippen LogP contribution is 2.24. The molecule has 0 saturated heterocycles. The molecule has 0 aliphatic carbocycles. The summed E-state index contributed by atoms with van der Waals surface area (Å²) < 4.78 is 21.4. The molecule has 0 spiro atoms. The van der Waals surface area contributed by atoms with Crippen LogP contribution in [0.15, 0.2) is 65.3 Å². The quantitative estimate of drug-likeness (QED) is 0.443. The van der Waals surface area contributed by atoms with E-state index >= 15 is 0 Å². The number of nitrogens with one attached hydrogen (secondary N) is 1. The van der Waals surface area contributed by atoms with Crippen molar-refractivity contribution in [1.29, 1.82) is 0 Å². The molecule has 2 aromatic heterocycles. The first-order chi connectivity index (χ1) is 14.1. The molecule has 0 aliphatic heterocycles. The molecule has 0 atom stereocenters. The molecule has 5 nitrogen and oxygen atoms in total. The Morgan fingerprint density at radius 3 is 2.79 bits per heavy atom. The van der Waals surface area contributed by atoms with Crippen LogP contribution in [0.4, 0.5) is 4.39 Å². The van der Waals surface area contributed by atoms with Crippen molar-refractivity contribution in [2.24, 2.45) is 0 Å². The summed E-state index contributed by atoms with van der Waals surface area (Å²) in [5, 5.41) is 3.21. The maximum atomic E-state index is 14.3. The van der Waals surface area contributed by atoms with Gasteiger partial charge in [0.1, 0.15) is 11.6 Å². The molecule has 0 saturated carbocycles. The molecule has 29 heavy (non-hydrogen) atoms. The van der Waals surface area contributed by atoms with Crippen molar-refractivity contribution in [2.45, 2.75) is 19.4 Å². The average molecular weight is 412 g/mol. The van der Waals surface area contributed by atoms with E-state index < -0.39 is 0 Å². The molecule has 1 amide bonds. The van der Waals surface area contributed by atoms with Crippen LogP contribution in [0.25, 0.3) is 11.0 Å². The summed E-state index contributed by atoms with van der Waals surface area (Å²) in [6.07, 6.45) is 2.77. The van der Waals surface area contributed by atoms with Crippen LogP contribution in [-0.4, -0.2) is 22.0 Å². The van der Waals surface area contributed by atoms with Crippen LogP contribution in [0.2, 0.25) is 5.02 Å². The predicted octanol–water partition coefficient (Wildman–Crippen LogP) is 4.83. The van der Waals surface area contributed by atoms with Gasteiger partial charge in [0.15, 0.2) is 5.76 Å². The van der Waals surface area contributed by atoms with E-state index in [0.717, 1.165) is 16.9 Å². The van der Waals surface area contributed by atoms with Crippen LogP contribution < -0.4 is 5.32 Å². The first-order valence-corrected chi connectivity index (χ1v) is 9.70. The fourth-order valence-electron chi connectivity index (χ4n) is 3.28. The second-order valence-corrected chi connectivity index (χ2v) is 7.05. The van der Waals surface area contributed by atoms with Gasteiger partial charge in [-0.15, -0.1) is 0 Å². The lowest BCUT2D eigenvalue weighted by Gasteiger charge is -2.12. The van der Waals surface area contributed by atoms with Crippen molar-refractivity contribution in [3.63, 3.8) is 0 Å². The van der Waals surface area contributed by atoms with Crippen LogP contribution in [0.5, 0.6) is 0 Å². The molecule has 2 aromatic carbocycles. The largest absolute Gasteiger partial charge is 0.459 e. The monoisotopic (exact) mass is 411 g/mol. The van der Waals surface area contributed by atoms with E-state index in [-0.39, 0.29) is 17.5 Å². The normalized spacial score (nSPS) is 11.1. The topological polar surface area (TPSA) is 60.1 Å². The smallest absolute Gasteiger partial charge is 0.286 e. The number of aromatic nitrogens is 2. The van der Waals surface area contributed by atoms with Gasteiger partial charge in [-0.3, -0.25) is 4.79 Å². The van der Waals surface area contributed by atoms with Crippen molar-refractivity contribution in [1.82, 2.24) is 14.9 Å². The van der Waals surface area contributed by atoms with Crippen LogP contribution in [0.1, 0.15) is 28.4 Å². The van der Waals surface area contributed by atoms with Crippen LogP contribution in [0.3, 0.4) is 0 Å². The van der Waals surface area contributed by atoms with Crippen molar-refractivity contribution in [3.05, 3.63) is 88.8 Å². The summed E-state index contributed by atoms with van der Waals surface area (Å²) in [6, 6.07) is 15.7. The van der Waals surface area contributed by atoms with Gasteiger partial charge in [0.2, 0.25) is 0 Å². The maximum Gasteiger partial charge on any atom is 0.286 e. The third-order valence-electron chi connectivity index (χ3n) is 4.72. The molecule has 0 radical (unpaired) electrons. The number of carbonyl (C=O) groups is 1. The van der Waals surface area contributed by atoms with E-state index in [1.807, 2.05) is 28.8 Å². The van der Waals surface area contributed by atoms with Gasteiger partial charge >= 0.3 is 0 Å². The molecule has 4 rings (SSSR count). The minimum absolute atomic E-state index is 0.248. The first-order valence-electron chi connectivity index (χ1n) is 9.32. The number of nitrogens with zero attached hydrogens (tertiary/aromatic N) is 2. The summed E-state index contributed by atoms with van der Waals surface area (Å²) >= 11 is 6.23. The number of fused-ring (bicyclic) bond motifs is 1. The summed E-state index contributed by atoms with van der Waals surface area (Å²) in [5.74, 6) is 0.512. The predicted molar refractivity (Wildman–Crippen MR) is 110 cm³/mol. The lowest BCUT2D eigenvalue weighted by Crippen LogP contribution is -2.24. The van der Waals surface area contributed by atoms with Crippen molar-refractivity contribution < 1.29 is 13.6 Å². The molecular formula is C22H19ClFN3O2. The van der Waals surface area contributed by atoms with E-state index in [9.17, 15) is 9.18 Å². The number of halogens is 2. The van der Waals surface area contributed by atoms with Gasteiger partial charge in [0.05, 0.1) is 23.8 Å².